The van der Waals surface area contributed by atoms with E-state index in [1.165, 1.54) is 0 Å². The normalized spacial score (nSPS) is 10.4. The predicted octanol–water partition coefficient (Wildman–Crippen LogP) is 2.75. The van der Waals surface area contributed by atoms with E-state index in [1.807, 2.05) is 13.0 Å². The molecule has 0 amide bonds. The number of rotatable bonds is 4. The van der Waals surface area contributed by atoms with Crippen LogP contribution in [0.25, 0.3) is 11.4 Å². The van der Waals surface area contributed by atoms with Crippen LogP contribution in [-0.4, -0.2) is 31.0 Å². The number of carbonyl (C=O) groups is 1. The van der Waals surface area contributed by atoms with Gasteiger partial charge in [-0.1, -0.05) is 11.3 Å². The maximum absolute atomic E-state index is 11.4. The van der Waals surface area contributed by atoms with E-state index in [4.69, 9.17) is 0 Å². The van der Waals surface area contributed by atoms with E-state index in [-0.39, 0.29) is 4.88 Å². The number of aryl methyl sites for hydroxylation is 1. The minimum atomic E-state index is -1.04. The lowest BCUT2D eigenvalue weighted by Crippen LogP contribution is -1.97. The summed E-state index contributed by atoms with van der Waals surface area (Å²) in [6.07, 6.45) is 4.80. The number of carboxylic acids is 1. The van der Waals surface area contributed by atoms with E-state index in [0.717, 1.165) is 16.9 Å². The molecule has 0 bridgehead atoms. The summed E-state index contributed by atoms with van der Waals surface area (Å²) in [5.41, 5.74) is 1.84. The number of nitrogens with zero attached hydrogens (tertiary/aromatic N) is 4. The Bertz CT molecular complexity index is 819. The maximum atomic E-state index is 11.4. The highest BCUT2D eigenvalue weighted by molar-refractivity contribution is 7.17. The van der Waals surface area contributed by atoms with E-state index < -0.39 is 5.97 Å². The smallest absolute Gasteiger partial charge is 0.348 e. The Labute approximate surface area is 129 Å². The van der Waals surface area contributed by atoms with Gasteiger partial charge in [0, 0.05) is 18.6 Å². The molecule has 0 atom stereocenters. The quantitative estimate of drug-likeness (QED) is 0.763. The second kappa shape index (κ2) is 5.86. The van der Waals surface area contributed by atoms with Gasteiger partial charge in [0.15, 0.2) is 5.13 Å². The fourth-order valence-electron chi connectivity index (χ4n) is 1.82. The van der Waals surface area contributed by atoms with Gasteiger partial charge in [-0.25, -0.2) is 19.7 Å². The molecule has 8 heteroatoms. The van der Waals surface area contributed by atoms with E-state index in [9.17, 15) is 9.90 Å². The van der Waals surface area contributed by atoms with Crippen molar-refractivity contribution in [2.45, 2.75) is 6.92 Å². The molecule has 0 aliphatic rings. The zero-order valence-electron chi connectivity index (χ0n) is 11.5. The Hall–Kier alpha value is -2.87. The highest BCUT2D eigenvalue weighted by atomic mass is 32.1. The number of hydrogen-bond acceptors (Lipinski definition) is 7. The van der Waals surface area contributed by atoms with Crippen LogP contribution in [-0.2, 0) is 0 Å². The number of aromatic nitrogens is 4. The highest BCUT2D eigenvalue weighted by Gasteiger charge is 2.20. The van der Waals surface area contributed by atoms with Gasteiger partial charge in [-0.15, -0.1) is 0 Å². The van der Waals surface area contributed by atoms with E-state index in [1.54, 1.807) is 30.7 Å². The molecule has 0 aliphatic heterocycles. The van der Waals surface area contributed by atoms with Gasteiger partial charge in [-0.2, -0.15) is 0 Å². The van der Waals surface area contributed by atoms with Gasteiger partial charge < -0.3 is 10.4 Å². The number of pyridine rings is 1. The van der Waals surface area contributed by atoms with Gasteiger partial charge >= 0.3 is 5.97 Å². The van der Waals surface area contributed by atoms with Crippen LogP contribution >= 0.6 is 11.3 Å². The first kappa shape index (κ1) is 14.1. The Kier molecular flexibility index (Phi) is 3.75. The monoisotopic (exact) mass is 313 g/mol. The molecule has 0 radical (unpaired) electrons. The van der Waals surface area contributed by atoms with Crippen molar-refractivity contribution >= 4 is 28.4 Å². The molecule has 0 fully saturated rings. The number of aromatic carboxylic acids is 1. The van der Waals surface area contributed by atoms with Crippen LogP contribution in [0.4, 0.5) is 11.1 Å². The second-order valence-corrected chi connectivity index (χ2v) is 5.42. The molecular weight excluding hydrogens is 302 g/mol. The summed E-state index contributed by atoms with van der Waals surface area (Å²) in [5, 5.41) is 12.7. The largest absolute Gasteiger partial charge is 0.477 e. The zero-order chi connectivity index (χ0) is 15.5. The van der Waals surface area contributed by atoms with Crippen molar-refractivity contribution < 1.29 is 9.90 Å². The van der Waals surface area contributed by atoms with Crippen LogP contribution in [0.15, 0.2) is 36.8 Å². The van der Waals surface area contributed by atoms with Gasteiger partial charge in [0.2, 0.25) is 5.95 Å². The summed E-state index contributed by atoms with van der Waals surface area (Å²) in [7, 11) is 0. The van der Waals surface area contributed by atoms with Crippen LogP contribution in [0.3, 0.4) is 0 Å². The molecule has 7 nitrogen and oxygen atoms in total. The summed E-state index contributed by atoms with van der Waals surface area (Å²) in [6.45, 7) is 1.91. The van der Waals surface area contributed by atoms with Crippen LogP contribution in [0.5, 0.6) is 0 Å². The van der Waals surface area contributed by atoms with Crippen molar-refractivity contribution in [1.29, 1.82) is 0 Å². The fourth-order valence-corrected chi connectivity index (χ4v) is 2.62. The summed E-state index contributed by atoms with van der Waals surface area (Å²) in [4.78, 5) is 28.1. The molecule has 3 heterocycles. The van der Waals surface area contributed by atoms with Crippen LogP contribution < -0.4 is 5.32 Å². The van der Waals surface area contributed by atoms with Crippen molar-refractivity contribution in [2.24, 2.45) is 0 Å². The van der Waals surface area contributed by atoms with Crippen molar-refractivity contribution in [3.63, 3.8) is 0 Å². The Balaban J connectivity index is 2.01. The Morgan fingerprint density at radius 3 is 2.68 bits per heavy atom. The minimum Gasteiger partial charge on any atom is -0.477 e. The van der Waals surface area contributed by atoms with Crippen molar-refractivity contribution in [1.82, 2.24) is 19.9 Å². The molecule has 3 aromatic rings. The minimum absolute atomic E-state index is 0.122. The molecule has 110 valence electrons. The van der Waals surface area contributed by atoms with E-state index in [2.05, 4.69) is 25.3 Å². The number of hydrogen-bond donors (Lipinski definition) is 2. The zero-order valence-corrected chi connectivity index (χ0v) is 12.3. The molecule has 3 rings (SSSR count). The predicted molar refractivity (Wildman–Crippen MR) is 82.4 cm³/mol. The van der Waals surface area contributed by atoms with Crippen molar-refractivity contribution in [2.75, 3.05) is 5.32 Å². The summed E-state index contributed by atoms with van der Waals surface area (Å²) < 4.78 is 0. The number of thiazole rings is 1. The summed E-state index contributed by atoms with van der Waals surface area (Å²) in [5.74, 6) is -0.685. The fraction of sp³-hybridized carbons (Fsp3) is 0.0714. The molecule has 0 saturated carbocycles. The Morgan fingerprint density at radius 1 is 1.23 bits per heavy atom. The molecule has 0 saturated heterocycles. The van der Waals surface area contributed by atoms with Crippen molar-refractivity contribution in [3.8, 4) is 11.4 Å². The van der Waals surface area contributed by atoms with Crippen molar-refractivity contribution in [3.05, 3.63) is 47.2 Å². The molecular formula is C14H11N5O2S. The van der Waals surface area contributed by atoms with E-state index >= 15 is 0 Å². The highest BCUT2D eigenvalue weighted by Crippen LogP contribution is 2.31. The third-order valence-electron chi connectivity index (χ3n) is 2.76. The molecule has 0 unspecified atom stereocenters. The third-order valence-corrected chi connectivity index (χ3v) is 3.72. The summed E-state index contributed by atoms with van der Waals surface area (Å²) in [6, 6.07) is 5.33. The maximum Gasteiger partial charge on any atom is 0.348 e. The average Bonchev–Trinajstić information content (AvgIpc) is 2.92. The Morgan fingerprint density at radius 2 is 2.00 bits per heavy atom. The van der Waals surface area contributed by atoms with E-state index in [0.29, 0.717) is 22.5 Å². The second-order valence-electron chi connectivity index (χ2n) is 4.42. The molecule has 22 heavy (non-hydrogen) atoms. The van der Waals surface area contributed by atoms with Gasteiger partial charge in [0.25, 0.3) is 0 Å². The SMILES string of the molecule is Cc1ccnc(-c2nc(Nc3ncccn3)sc2C(=O)O)c1. The lowest BCUT2D eigenvalue weighted by molar-refractivity contribution is 0.0702. The van der Waals surface area contributed by atoms with Crippen LogP contribution in [0.1, 0.15) is 15.2 Å². The third kappa shape index (κ3) is 2.91. The first-order chi connectivity index (χ1) is 10.6. The van der Waals surface area contributed by atoms with Gasteiger partial charge in [-0.05, 0) is 30.7 Å². The summed E-state index contributed by atoms with van der Waals surface area (Å²) >= 11 is 1.02. The van der Waals surface area contributed by atoms with Gasteiger partial charge in [-0.3, -0.25) is 4.98 Å². The number of nitrogens with one attached hydrogen (secondary N) is 1. The standard InChI is InChI=1S/C14H11N5O2S/c1-8-3-6-15-9(7-8)10-11(12(20)21)22-14(18-10)19-13-16-4-2-5-17-13/h2-7H,1H3,(H,20,21)(H,16,17,18,19). The molecule has 2 N–H and O–H groups in total. The molecule has 0 aromatic carbocycles. The van der Waals surface area contributed by atoms with Crippen LogP contribution in [0, 0.1) is 6.92 Å². The molecule has 0 aliphatic carbocycles. The lowest BCUT2D eigenvalue weighted by Gasteiger charge is -1.99. The molecule has 3 aromatic heterocycles. The average molecular weight is 313 g/mol. The lowest BCUT2D eigenvalue weighted by atomic mass is 10.2. The number of carboxylic acid groups (broad SMARTS) is 1. The first-order valence-corrected chi connectivity index (χ1v) is 7.16. The first-order valence-electron chi connectivity index (χ1n) is 6.34. The molecule has 0 spiro atoms. The van der Waals surface area contributed by atoms with Gasteiger partial charge in [0.05, 0.1) is 5.69 Å². The number of anilines is 2. The van der Waals surface area contributed by atoms with Gasteiger partial charge in [0.1, 0.15) is 10.6 Å². The topological polar surface area (TPSA) is 101 Å². The van der Waals surface area contributed by atoms with Crippen LogP contribution in [0.2, 0.25) is 0 Å².